The maximum Gasteiger partial charge on any atom is 0.0625 e. The molecule has 1 saturated heterocycles. The summed E-state index contributed by atoms with van der Waals surface area (Å²) >= 11 is 0. The molecule has 0 aromatic carbocycles. The van der Waals surface area contributed by atoms with E-state index in [4.69, 9.17) is 4.74 Å². The zero-order chi connectivity index (χ0) is 12.3. The number of aromatic nitrogens is 2. The predicted octanol–water partition coefficient (Wildman–Crippen LogP) is 1.58. The molecule has 0 radical (unpaired) electrons. The van der Waals surface area contributed by atoms with Gasteiger partial charge in [-0.25, -0.2) is 0 Å². The van der Waals surface area contributed by atoms with Crippen molar-refractivity contribution in [2.45, 2.75) is 46.2 Å². The Hall–Kier alpha value is -0.870. The molecule has 1 aliphatic heterocycles. The molecule has 0 saturated carbocycles. The summed E-state index contributed by atoms with van der Waals surface area (Å²) in [6.45, 7) is 10.0. The van der Waals surface area contributed by atoms with Crippen LogP contribution in [0.15, 0.2) is 0 Å². The van der Waals surface area contributed by atoms with Crippen molar-refractivity contribution in [1.29, 1.82) is 0 Å². The van der Waals surface area contributed by atoms with Crippen LogP contribution < -0.4 is 5.32 Å². The summed E-state index contributed by atoms with van der Waals surface area (Å²) in [4.78, 5) is 0. The van der Waals surface area contributed by atoms with E-state index in [2.05, 4.69) is 35.9 Å². The summed E-state index contributed by atoms with van der Waals surface area (Å²) in [7, 11) is 0. The summed E-state index contributed by atoms with van der Waals surface area (Å²) in [5.74, 6) is 0. The Morgan fingerprint density at radius 2 is 2.24 bits per heavy atom. The van der Waals surface area contributed by atoms with E-state index in [0.717, 1.165) is 32.0 Å². The number of nitrogens with zero attached hydrogens (tertiary/aromatic N) is 2. The smallest absolute Gasteiger partial charge is 0.0625 e. The van der Waals surface area contributed by atoms with Crippen LogP contribution in [0.1, 0.15) is 29.8 Å². The van der Waals surface area contributed by atoms with Crippen molar-refractivity contribution >= 4 is 0 Å². The molecule has 1 unspecified atom stereocenters. The number of hydrogen-bond donors (Lipinski definition) is 1. The molecule has 1 aromatic rings. The van der Waals surface area contributed by atoms with E-state index in [1.807, 2.05) is 0 Å². The van der Waals surface area contributed by atoms with E-state index < -0.39 is 0 Å². The van der Waals surface area contributed by atoms with E-state index in [1.165, 1.54) is 24.1 Å². The van der Waals surface area contributed by atoms with Gasteiger partial charge in [-0.05, 0) is 39.2 Å². The molecule has 2 rings (SSSR count). The second-order valence-corrected chi connectivity index (χ2v) is 4.89. The zero-order valence-electron chi connectivity index (χ0n) is 11.1. The van der Waals surface area contributed by atoms with Crippen molar-refractivity contribution in [2.75, 3.05) is 19.8 Å². The van der Waals surface area contributed by atoms with Crippen molar-refractivity contribution in [2.24, 2.45) is 0 Å². The van der Waals surface area contributed by atoms with E-state index in [1.54, 1.807) is 0 Å². The van der Waals surface area contributed by atoms with Crippen LogP contribution in [0.4, 0.5) is 0 Å². The second kappa shape index (κ2) is 5.65. The summed E-state index contributed by atoms with van der Waals surface area (Å²) in [5, 5.41) is 8.08. The molecule has 2 heterocycles. The van der Waals surface area contributed by atoms with Gasteiger partial charge in [-0.1, -0.05) is 0 Å². The number of ether oxygens (including phenoxy) is 1. The topological polar surface area (TPSA) is 39.1 Å². The van der Waals surface area contributed by atoms with Gasteiger partial charge in [-0.15, -0.1) is 0 Å². The average Bonchev–Trinajstić information content (AvgIpc) is 2.59. The Labute approximate surface area is 103 Å². The largest absolute Gasteiger partial charge is 0.380 e. The molecular formula is C13H23N3O. The van der Waals surface area contributed by atoms with Gasteiger partial charge in [0.05, 0.1) is 18.8 Å². The van der Waals surface area contributed by atoms with Gasteiger partial charge in [0, 0.05) is 24.9 Å². The molecule has 1 fully saturated rings. The molecule has 4 nitrogen and oxygen atoms in total. The summed E-state index contributed by atoms with van der Waals surface area (Å²) < 4.78 is 7.55. The zero-order valence-corrected chi connectivity index (χ0v) is 11.1. The highest BCUT2D eigenvalue weighted by Gasteiger charge is 2.13. The average molecular weight is 237 g/mol. The molecule has 17 heavy (non-hydrogen) atoms. The molecule has 1 atom stereocenters. The van der Waals surface area contributed by atoms with Crippen molar-refractivity contribution < 1.29 is 4.74 Å². The fraction of sp³-hybridized carbons (Fsp3) is 0.769. The van der Waals surface area contributed by atoms with Crippen molar-refractivity contribution in [1.82, 2.24) is 15.1 Å². The van der Waals surface area contributed by atoms with Crippen LogP contribution in [0.5, 0.6) is 0 Å². The first kappa shape index (κ1) is 12.6. The van der Waals surface area contributed by atoms with Gasteiger partial charge in [0.15, 0.2) is 0 Å². The molecule has 0 bridgehead atoms. The van der Waals surface area contributed by atoms with E-state index >= 15 is 0 Å². The fourth-order valence-electron chi connectivity index (χ4n) is 2.28. The van der Waals surface area contributed by atoms with Crippen LogP contribution >= 0.6 is 0 Å². The maximum absolute atomic E-state index is 5.45. The van der Waals surface area contributed by atoms with Gasteiger partial charge < -0.3 is 10.1 Å². The third-order valence-corrected chi connectivity index (χ3v) is 3.66. The Kier molecular flexibility index (Phi) is 4.18. The minimum atomic E-state index is 0.529. The van der Waals surface area contributed by atoms with Crippen LogP contribution in [0.25, 0.3) is 0 Å². The summed E-state index contributed by atoms with van der Waals surface area (Å²) in [6.07, 6.45) is 2.41. The molecule has 4 heteroatoms. The molecule has 1 aliphatic rings. The standard InChI is InChI=1S/C13H23N3O/c1-10-11(2)15-16(12(10)3)7-6-14-13-5-4-8-17-9-13/h13-14H,4-9H2,1-3H3. The van der Waals surface area contributed by atoms with Crippen LogP contribution in [0.2, 0.25) is 0 Å². The molecule has 96 valence electrons. The van der Waals surface area contributed by atoms with Gasteiger partial charge in [0.1, 0.15) is 0 Å². The Balaban J connectivity index is 1.79. The lowest BCUT2D eigenvalue weighted by atomic mass is 10.1. The minimum Gasteiger partial charge on any atom is -0.380 e. The lowest BCUT2D eigenvalue weighted by Crippen LogP contribution is -2.38. The first-order valence-electron chi connectivity index (χ1n) is 6.50. The van der Waals surface area contributed by atoms with Crippen LogP contribution in [0.3, 0.4) is 0 Å². The summed E-state index contributed by atoms with van der Waals surface area (Å²) in [5.41, 5.74) is 3.73. The van der Waals surface area contributed by atoms with Gasteiger partial charge in [0.25, 0.3) is 0 Å². The van der Waals surface area contributed by atoms with E-state index in [9.17, 15) is 0 Å². The van der Waals surface area contributed by atoms with Gasteiger partial charge in [-0.3, -0.25) is 4.68 Å². The van der Waals surface area contributed by atoms with Gasteiger partial charge in [0.2, 0.25) is 0 Å². The highest BCUT2D eigenvalue weighted by Crippen LogP contribution is 2.10. The predicted molar refractivity (Wildman–Crippen MR) is 68.3 cm³/mol. The molecular weight excluding hydrogens is 214 g/mol. The third kappa shape index (κ3) is 3.07. The van der Waals surface area contributed by atoms with E-state index in [0.29, 0.717) is 6.04 Å². The quantitative estimate of drug-likeness (QED) is 0.864. The molecule has 0 aliphatic carbocycles. The lowest BCUT2D eigenvalue weighted by Gasteiger charge is -2.23. The summed E-state index contributed by atoms with van der Waals surface area (Å²) in [6, 6.07) is 0.529. The molecule has 1 N–H and O–H groups in total. The normalized spacial score (nSPS) is 20.8. The Morgan fingerprint density at radius 1 is 1.41 bits per heavy atom. The number of hydrogen-bond acceptors (Lipinski definition) is 3. The van der Waals surface area contributed by atoms with Crippen LogP contribution in [0, 0.1) is 20.8 Å². The molecule has 0 amide bonds. The Morgan fingerprint density at radius 3 is 2.82 bits per heavy atom. The second-order valence-electron chi connectivity index (χ2n) is 4.89. The molecule has 0 spiro atoms. The van der Waals surface area contributed by atoms with E-state index in [-0.39, 0.29) is 0 Å². The first-order valence-corrected chi connectivity index (χ1v) is 6.50. The van der Waals surface area contributed by atoms with Crippen molar-refractivity contribution in [3.05, 3.63) is 17.0 Å². The highest BCUT2D eigenvalue weighted by atomic mass is 16.5. The third-order valence-electron chi connectivity index (χ3n) is 3.66. The van der Waals surface area contributed by atoms with Gasteiger partial charge in [-0.2, -0.15) is 5.10 Å². The monoisotopic (exact) mass is 237 g/mol. The fourth-order valence-corrected chi connectivity index (χ4v) is 2.28. The number of aryl methyl sites for hydroxylation is 1. The Bertz CT molecular complexity index is 367. The lowest BCUT2D eigenvalue weighted by molar-refractivity contribution is 0.0702. The first-order chi connectivity index (χ1) is 8.18. The number of nitrogens with one attached hydrogen (secondary N) is 1. The molecule has 1 aromatic heterocycles. The van der Waals surface area contributed by atoms with Crippen LogP contribution in [-0.4, -0.2) is 35.6 Å². The minimum absolute atomic E-state index is 0.529. The van der Waals surface area contributed by atoms with Crippen LogP contribution in [-0.2, 0) is 11.3 Å². The SMILES string of the molecule is Cc1nn(CCNC2CCCOC2)c(C)c1C. The van der Waals surface area contributed by atoms with Gasteiger partial charge >= 0.3 is 0 Å². The van der Waals surface area contributed by atoms with Crippen molar-refractivity contribution in [3.8, 4) is 0 Å². The van der Waals surface area contributed by atoms with Crippen molar-refractivity contribution in [3.63, 3.8) is 0 Å². The maximum atomic E-state index is 5.45. The highest BCUT2D eigenvalue weighted by molar-refractivity contribution is 5.22. The number of rotatable bonds is 4.